The molecule has 0 unspecified atom stereocenters. The summed E-state index contributed by atoms with van der Waals surface area (Å²) in [4.78, 5) is 18.6. The van der Waals surface area contributed by atoms with Crippen LogP contribution in [0.15, 0.2) is 83.8 Å². The second-order valence-electron chi connectivity index (χ2n) is 11.0. The van der Waals surface area contributed by atoms with Gasteiger partial charge in [-0.25, -0.2) is 4.68 Å². The highest BCUT2D eigenvalue weighted by Gasteiger charge is 2.14. The summed E-state index contributed by atoms with van der Waals surface area (Å²) < 4.78 is 20.7. The Balaban J connectivity index is 1.31. The van der Waals surface area contributed by atoms with Crippen molar-refractivity contribution in [2.75, 3.05) is 20.3 Å². The number of aromatic nitrogens is 5. The first-order chi connectivity index (χ1) is 22.4. The van der Waals surface area contributed by atoms with Crippen LogP contribution in [0.3, 0.4) is 0 Å². The summed E-state index contributed by atoms with van der Waals surface area (Å²) >= 11 is 1.29. The third-order valence-corrected chi connectivity index (χ3v) is 8.21. The smallest absolute Gasteiger partial charge is 0.291 e. The largest absolute Gasteiger partial charge is 0.494 e. The molecule has 0 bridgehead atoms. The Bertz CT molecular complexity index is 2080. The third-order valence-electron chi connectivity index (χ3n) is 7.25. The lowest BCUT2D eigenvalue weighted by Gasteiger charge is -2.09. The van der Waals surface area contributed by atoms with Gasteiger partial charge >= 0.3 is 0 Å². The monoisotopic (exact) mass is 633 g/mol. The zero-order valence-electron chi connectivity index (χ0n) is 26.2. The molecular formula is C36H35N5O4S. The van der Waals surface area contributed by atoms with E-state index >= 15 is 0 Å². The predicted octanol–water partition coefficient (Wildman–Crippen LogP) is 6.55. The standard InChI is InChI=1S/C36H35N5O4S/c1-5-44-30-17-11-25(21-31(30)43-4)12-18-33-37-36-41(38-33)35(42)32(46-36)22-27-23-40(28-9-7-6-8-10-28)39-34(27)26-13-15-29(16-14-26)45-20-19-24(2)3/h6-18,21-24H,5,19-20H2,1-4H3/b18-12+,32-22-. The van der Waals surface area contributed by atoms with E-state index in [1.165, 1.54) is 15.9 Å². The predicted molar refractivity (Wildman–Crippen MR) is 183 cm³/mol. The lowest BCUT2D eigenvalue weighted by Crippen LogP contribution is -2.23. The first kappa shape index (κ1) is 30.8. The molecule has 0 N–H and O–H groups in total. The minimum atomic E-state index is -0.234. The maximum atomic E-state index is 13.5. The molecule has 46 heavy (non-hydrogen) atoms. The van der Waals surface area contributed by atoms with Crippen LogP contribution < -0.4 is 24.3 Å². The van der Waals surface area contributed by atoms with E-state index in [1.54, 1.807) is 13.2 Å². The molecule has 6 rings (SSSR count). The molecule has 3 aromatic carbocycles. The van der Waals surface area contributed by atoms with Crippen LogP contribution in [-0.4, -0.2) is 44.7 Å². The minimum Gasteiger partial charge on any atom is -0.494 e. The Kier molecular flexibility index (Phi) is 9.25. The van der Waals surface area contributed by atoms with Gasteiger partial charge in [0.25, 0.3) is 5.56 Å². The van der Waals surface area contributed by atoms with E-state index in [9.17, 15) is 4.79 Å². The molecule has 0 saturated heterocycles. The highest BCUT2D eigenvalue weighted by atomic mass is 32.1. The number of fused-ring (bicyclic) bond motifs is 1. The van der Waals surface area contributed by atoms with Gasteiger partial charge in [-0.05, 0) is 85.5 Å². The van der Waals surface area contributed by atoms with Gasteiger partial charge in [-0.3, -0.25) is 4.79 Å². The fourth-order valence-corrected chi connectivity index (χ4v) is 5.75. The number of ether oxygens (including phenoxy) is 3. The number of hydrogen-bond donors (Lipinski definition) is 0. The molecule has 0 aliphatic rings. The van der Waals surface area contributed by atoms with Gasteiger partial charge in [0, 0.05) is 17.3 Å². The molecule has 0 aliphatic heterocycles. The second-order valence-corrected chi connectivity index (χ2v) is 12.0. The SMILES string of the molecule is CCOc1ccc(/C=C/c2nc3s/c(=C\c4cn(-c5ccccc5)nc4-c4ccc(OCCC(C)C)cc4)c(=O)n3n2)cc1OC. The van der Waals surface area contributed by atoms with Crippen molar-refractivity contribution in [3.8, 4) is 34.2 Å². The van der Waals surface area contributed by atoms with Crippen molar-refractivity contribution >= 4 is 34.5 Å². The summed E-state index contributed by atoms with van der Waals surface area (Å²) in [5.41, 5.74) is 4.06. The highest BCUT2D eigenvalue weighted by Crippen LogP contribution is 2.29. The van der Waals surface area contributed by atoms with Gasteiger partial charge in [0.05, 0.1) is 30.5 Å². The zero-order chi connectivity index (χ0) is 32.0. The van der Waals surface area contributed by atoms with E-state index in [0.717, 1.165) is 40.2 Å². The molecule has 0 radical (unpaired) electrons. The lowest BCUT2D eigenvalue weighted by atomic mass is 10.1. The van der Waals surface area contributed by atoms with Gasteiger partial charge in [0.1, 0.15) is 11.4 Å². The van der Waals surface area contributed by atoms with Crippen molar-refractivity contribution in [1.82, 2.24) is 24.4 Å². The van der Waals surface area contributed by atoms with Crippen molar-refractivity contribution in [1.29, 1.82) is 0 Å². The van der Waals surface area contributed by atoms with E-state index in [4.69, 9.17) is 19.3 Å². The molecule has 3 aromatic heterocycles. The lowest BCUT2D eigenvalue weighted by molar-refractivity contribution is 0.289. The molecule has 0 amide bonds. The number of nitrogens with zero attached hydrogens (tertiary/aromatic N) is 5. The van der Waals surface area contributed by atoms with E-state index in [-0.39, 0.29) is 5.56 Å². The van der Waals surface area contributed by atoms with Crippen molar-refractivity contribution < 1.29 is 14.2 Å². The number of methoxy groups -OCH3 is 1. The molecule has 0 aliphatic carbocycles. The van der Waals surface area contributed by atoms with Crippen LogP contribution in [0.5, 0.6) is 17.2 Å². The van der Waals surface area contributed by atoms with Crippen molar-refractivity contribution in [3.05, 3.63) is 111 Å². The molecule has 0 fully saturated rings. The van der Waals surface area contributed by atoms with E-state index in [2.05, 4.69) is 23.9 Å². The number of benzene rings is 3. The van der Waals surface area contributed by atoms with Crippen LogP contribution in [-0.2, 0) is 0 Å². The quantitative estimate of drug-likeness (QED) is 0.151. The molecule has 234 valence electrons. The summed E-state index contributed by atoms with van der Waals surface area (Å²) in [6.07, 6.45) is 8.44. The summed E-state index contributed by atoms with van der Waals surface area (Å²) in [6, 6.07) is 23.5. The van der Waals surface area contributed by atoms with E-state index < -0.39 is 0 Å². The Labute approximate surface area is 271 Å². The fourth-order valence-electron chi connectivity index (χ4n) is 4.85. The van der Waals surface area contributed by atoms with Gasteiger partial charge < -0.3 is 14.2 Å². The van der Waals surface area contributed by atoms with Gasteiger partial charge in [0.15, 0.2) is 17.3 Å². The summed E-state index contributed by atoms with van der Waals surface area (Å²) in [6.45, 7) is 7.52. The number of para-hydroxylation sites is 1. The molecule has 3 heterocycles. The molecule has 0 atom stereocenters. The minimum absolute atomic E-state index is 0.234. The van der Waals surface area contributed by atoms with Crippen LogP contribution in [0.2, 0.25) is 0 Å². The highest BCUT2D eigenvalue weighted by molar-refractivity contribution is 7.15. The van der Waals surface area contributed by atoms with Crippen molar-refractivity contribution in [2.24, 2.45) is 5.92 Å². The van der Waals surface area contributed by atoms with Crippen molar-refractivity contribution in [3.63, 3.8) is 0 Å². The number of thiazole rings is 1. The van der Waals surface area contributed by atoms with Gasteiger partial charge in [-0.15, -0.1) is 5.10 Å². The maximum Gasteiger partial charge on any atom is 0.291 e. The van der Waals surface area contributed by atoms with Crippen LogP contribution in [0, 0.1) is 5.92 Å². The Hall–Kier alpha value is -5.22. The normalized spacial score (nSPS) is 12.1. The van der Waals surface area contributed by atoms with Crippen LogP contribution >= 0.6 is 11.3 Å². The van der Waals surface area contributed by atoms with E-state index in [1.807, 2.05) is 103 Å². The first-order valence-electron chi connectivity index (χ1n) is 15.2. The van der Waals surface area contributed by atoms with Gasteiger partial charge in [-0.2, -0.15) is 14.6 Å². The first-order valence-corrected chi connectivity index (χ1v) is 16.0. The fraction of sp³-hybridized carbons (Fsp3) is 0.222. The molecule has 6 aromatic rings. The topological polar surface area (TPSA) is 92.8 Å². The Morgan fingerprint density at radius 2 is 1.74 bits per heavy atom. The summed E-state index contributed by atoms with van der Waals surface area (Å²) in [5.74, 6) is 3.17. The average molecular weight is 634 g/mol. The van der Waals surface area contributed by atoms with Crippen molar-refractivity contribution in [2.45, 2.75) is 27.2 Å². The number of hydrogen-bond acceptors (Lipinski definition) is 8. The molecule has 9 nitrogen and oxygen atoms in total. The second kappa shape index (κ2) is 13.8. The van der Waals surface area contributed by atoms with Crippen LogP contribution in [0.25, 0.3) is 40.1 Å². The Morgan fingerprint density at radius 3 is 2.46 bits per heavy atom. The summed E-state index contributed by atoms with van der Waals surface area (Å²) in [7, 11) is 1.61. The molecule has 0 saturated carbocycles. The van der Waals surface area contributed by atoms with Crippen LogP contribution in [0.1, 0.15) is 44.1 Å². The van der Waals surface area contributed by atoms with Gasteiger partial charge in [0.2, 0.25) is 4.96 Å². The van der Waals surface area contributed by atoms with Crippen LogP contribution in [0.4, 0.5) is 0 Å². The third kappa shape index (κ3) is 6.87. The number of rotatable bonds is 12. The average Bonchev–Trinajstić information content (AvgIpc) is 3.75. The molecular weight excluding hydrogens is 598 g/mol. The summed E-state index contributed by atoms with van der Waals surface area (Å²) in [5, 5.41) is 9.38. The molecule has 10 heteroatoms. The zero-order valence-corrected chi connectivity index (χ0v) is 27.0. The van der Waals surface area contributed by atoms with Gasteiger partial charge in [-0.1, -0.05) is 55.5 Å². The Morgan fingerprint density at radius 1 is 0.935 bits per heavy atom. The molecule has 0 spiro atoms. The van der Waals surface area contributed by atoms with E-state index in [0.29, 0.717) is 45.9 Å². The maximum absolute atomic E-state index is 13.5.